The van der Waals surface area contributed by atoms with Crippen LogP contribution in [-0.4, -0.2) is 36.5 Å². The van der Waals surface area contributed by atoms with Gasteiger partial charge in [0.05, 0.1) is 29.1 Å². The number of carbonyl (C=O) groups excluding carboxylic acids is 1. The lowest BCUT2D eigenvalue weighted by Gasteiger charge is -2.25. The highest BCUT2D eigenvalue weighted by molar-refractivity contribution is 5.81. The summed E-state index contributed by atoms with van der Waals surface area (Å²) in [5.74, 6) is -0.278. The van der Waals surface area contributed by atoms with E-state index < -0.39 is 34.4 Å². The molecule has 32 heavy (non-hydrogen) atoms. The molecule has 1 saturated heterocycles. The van der Waals surface area contributed by atoms with Crippen LogP contribution in [0, 0.1) is 0 Å². The minimum absolute atomic E-state index is 0.0000473. The summed E-state index contributed by atoms with van der Waals surface area (Å²) in [6.07, 6.45) is -2.26. The lowest BCUT2D eigenvalue weighted by Crippen LogP contribution is -2.39. The Kier molecular flexibility index (Phi) is 5.35. The Hall–Kier alpha value is -3.50. The summed E-state index contributed by atoms with van der Waals surface area (Å²) in [5.41, 5.74) is -2.82. The van der Waals surface area contributed by atoms with Crippen LogP contribution < -0.4 is 11.2 Å². The molecule has 0 N–H and O–H groups in total. The minimum atomic E-state index is -4.85. The van der Waals surface area contributed by atoms with E-state index >= 15 is 0 Å². The molecule has 0 aliphatic carbocycles. The molecular weight excluding hydrogens is 427 g/mol. The Balaban J connectivity index is 1.84. The minimum Gasteiger partial charge on any atom is -0.334 e. The average Bonchev–Trinajstić information content (AvgIpc) is 3.25. The van der Waals surface area contributed by atoms with Crippen molar-refractivity contribution in [2.45, 2.75) is 31.5 Å². The molecule has 4 rings (SSSR count). The van der Waals surface area contributed by atoms with Crippen molar-refractivity contribution in [1.82, 2.24) is 24.0 Å². The topological polar surface area (TPSA) is 90.1 Å². The summed E-state index contributed by atoms with van der Waals surface area (Å²) in [4.78, 5) is 47.6. The third-order valence-electron chi connectivity index (χ3n) is 5.71. The zero-order valence-electron chi connectivity index (χ0n) is 17.4. The van der Waals surface area contributed by atoms with Crippen molar-refractivity contribution in [3.05, 3.63) is 68.3 Å². The molecule has 1 unspecified atom stereocenters. The number of halogens is 3. The second kappa shape index (κ2) is 7.88. The van der Waals surface area contributed by atoms with E-state index in [1.807, 2.05) is 0 Å². The van der Waals surface area contributed by atoms with Crippen LogP contribution in [0.3, 0.4) is 0 Å². The van der Waals surface area contributed by atoms with E-state index in [0.29, 0.717) is 29.6 Å². The summed E-state index contributed by atoms with van der Waals surface area (Å²) in [5, 5.41) is -0.671. The number of amides is 1. The Morgan fingerprint density at radius 3 is 2.59 bits per heavy atom. The van der Waals surface area contributed by atoms with Crippen molar-refractivity contribution in [2.75, 3.05) is 6.54 Å². The van der Waals surface area contributed by atoms with E-state index in [2.05, 4.69) is 9.97 Å². The number of alkyl halides is 3. The van der Waals surface area contributed by atoms with Crippen LogP contribution in [-0.2, 0) is 31.5 Å². The SMILES string of the molecule is Cn1c(=O)c2c(C(F)(F)F)cc(C3CCCN3C(=O)Cc3ccccn3)nc2n(C)c1=O. The van der Waals surface area contributed by atoms with Gasteiger partial charge in [0.15, 0.2) is 0 Å². The summed E-state index contributed by atoms with van der Waals surface area (Å²) in [6, 6.07) is 5.30. The molecule has 8 nitrogen and oxygen atoms in total. The van der Waals surface area contributed by atoms with Gasteiger partial charge in [-0.2, -0.15) is 13.2 Å². The molecule has 0 spiro atoms. The van der Waals surface area contributed by atoms with Gasteiger partial charge in [-0.3, -0.25) is 23.7 Å². The Labute approximate surface area is 179 Å². The molecule has 0 bridgehead atoms. The highest BCUT2D eigenvalue weighted by Gasteiger charge is 2.38. The largest absolute Gasteiger partial charge is 0.417 e. The van der Waals surface area contributed by atoms with Crippen LogP contribution in [0.25, 0.3) is 11.0 Å². The first-order valence-electron chi connectivity index (χ1n) is 9.97. The van der Waals surface area contributed by atoms with Gasteiger partial charge < -0.3 is 4.90 Å². The summed E-state index contributed by atoms with van der Waals surface area (Å²) >= 11 is 0. The summed E-state index contributed by atoms with van der Waals surface area (Å²) < 4.78 is 43.3. The van der Waals surface area contributed by atoms with Gasteiger partial charge >= 0.3 is 11.9 Å². The molecule has 0 saturated carbocycles. The highest BCUT2D eigenvalue weighted by atomic mass is 19.4. The maximum absolute atomic E-state index is 13.9. The molecular formula is C21H20F3N5O3. The van der Waals surface area contributed by atoms with E-state index in [9.17, 15) is 27.6 Å². The van der Waals surface area contributed by atoms with Gasteiger partial charge in [0, 0.05) is 32.5 Å². The Bertz CT molecular complexity index is 1310. The number of carbonyl (C=O) groups is 1. The van der Waals surface area contributed by atoms with E-state index in [0.717, 1.165) is 17.7 Å². The van der Waals surface area contributed by atoms with Crippen LogP contribution in [0.2, 0.25) is 0 Å². The molecule has 1 atom stereocenters. The molecule has 3 aromatic heterocycles. The van der Waals surface area contributed by atoms with Crippen LogP contribution in [0.4, 0.5) is 13.2 Å². The molecule has 1 fully saturated rings. The van der Waals surface area contributed by atoms with Gasteiger partial charge in [-0.25, -0.2) is 9.78 Å². The van der Waals surface area contributed by atoms with Crippen LogP contribution in [0.1, 0.15) is 35.8 Å². The van der Waals surface area contributed by atoms with E-state index in [-0.39, 0.29) is 23.7 Å². The molecule has 1 aliphatic rings. The van der Waals surface area contributed by atoms with Crippen LogP contribution >= 0.6 is 0 Å². The standard InChI is InChI=1S/C21H20F3N5O3/c1-27-18-17(19(31)28(2)20(27)32)13(21(22,23)24)11-14(26-18)15-7-5-9-29(15)16(30)10-12-6-3-4-8-25-12/h3-4,6,8,11,15H,5,7,9-10H2,1-2H3. The fraction of sp³-hybridized carbons (Fsp3) is 0.381. The maximum atomic E-state index is 13.9. The first kappa shape index (κ1) is 21.7. The number of fused-ring (bicyclic) bond motifs is 1. The number of hydrogen-bond donors (Lipinski definition) is 0. The number of pyridine rings is 2. The molecule has 1 aliphatic heterocycles. The quantitative estimate of drug-likeness (QED) is 0.612. The predicted octanol–water partition coefficient (Wildman–Crippen LogP) is 1.95. The number of nitrogens with zero attached hydrogens (tertiary/aromatic N) is 5. The highest BCUT2D eigenvalue weighted by Crippen LogP contribution is 2.37. The lowest BCUT2D eigenvalue weighted by atomic mass is 10.0. The summed E-state index contributed by atoms with van der Waals surface area (Å²) in [6.45, 7) is 0.368. The zero-order chi connectivity index (χ0) is 23.2. The van der Waals surface area contributed by atoms with Crippen LogP contribution in [0.5, 0.6) is 0 Å². The van der Waals surface area contributed by atoms with E-state index in [1.165, 1.54) is 11.9 Å². The third-order valence-corrected chi connectivity index (χ3v) is 5.71. The zero-order valence-corrected chi connectivity index (χ0v) is 17.4. The summed E-state index contributed by atoms with van der Waals surface area (Å²) in [7, 11) is 2.38. The first-order valence-corrected chi connectivity index (χ1v) is 9.97. The van der Waals surface area contributed by atoms with E-state index in [4.69, 9.17) is 0 Å². The van der Waals surface area contributed by atoms with Crippen molar-refractivity contribution in [1.29, 1.82) is 0 Å². The first-order chi connectivity index (χ1) is 15.1. The van der Waals surface area contributed by atoms with Crippen LogP contribution in [0.15, 0.2) is 40.1 Å². The van der Waals surface area contributed by atoms with Crippen molar-refractivity contribution in [2.24, 2.45) is 14.1 Å². The normalized spacial score (nSPS) is 16.7. The average molecular weight is 447 g/mol. The van der Waals surface area contributed by atoms with Gasteiger partial charge in [-0.1, -0.05) is 6.07 Å². The van der Waals surface area contributed by atoms with Gasteiger partial charge in [0.25, 0.3) is 5.56 Å². The van der Waals surface area contributed by atoms with Crippen molar-refractivity contribution < 1.29 is 18.0 Å². The maximum Gasteiger partial charge on any atom is 0.417 e. The molecule has 4 heterocycles. The van der Waals surface area contributed by atoms with Crippen molar-refractivity contribution in [3.63, 3.8) is 0 Å². The second-order valence-corrected chi connectivity index (χ2v) is 7.74. The Morgan fingerprint density at radius 1 is 1.19 bits per heavy atom. The monoisotopic (exact) mass is 447 g/mol. The Morgan fingerprint density at radius 2 is 1.94 bits per heavy atom. The lowest BCUT2D eigenvalue weighted by molar-refractivity contribution is -0.136. The number of aryl methyl sites for hydroxylation is 1. The molecule has 168 valence electrons. The van der Waals surface area contributed by atoms with Gasteiger partial charge in [0.1, 0.15) is 5.65 Å². The van der Waals surface area contributed by atoms with E-state index in [1.54, 1.807) is 24.4 Å². The number of rotatable bonds is 3. The number of aromatic nitrogens is 4. The van der Waals surface area contributed by atoms with Gasteiger partial charge in [0.2, 0.25) is 5.91 Å². The third kappa shape index (κ3) is 3.67. The molecule has 0 radical (unpaired) electrons. The molecule has 1 amide bonds. The predicted molar refractivity (Wildman–Crippen MR) is 109 cm³/mol. The smallest absolute Gasteiger partial charge is 0.334 e. The fourth-order valence-corrected chi connectivity index (χ4v) is 4.10. The molecule has 11 heteroatoms. The number of likely N-dealkylation sites (tertiary alicyclic amines) is 1. The van der Waals surface area contributed by atoms with Crippen molar-refractivity contribution in [3.8, 4) is 0 Å². The van der Waals surface area contributed by atoms with Gasteiger partial charge in [-0.05, 0) is 31.0 Å². The number of hydrogen-bond acceptors (Lipinski definition) is 5. The fourth-order valence-electron chi connectivity index (χ4n) is 4.10. The van der Waals surface area contributed by atoms with Crippen molar-refractivity contribution >= 4 is 16.9 Å². The molecule has 3 aromatic rings. The van der Waals surface area contributed by atoms with Gasteiger partial charge in [-0.15, -0.1) is 0 Å². The molecule has 0 aromatic carbocycles. The second-order valence-electron chi connectivity index (χ2n) is 7.74.